The number of ether oxygens (including phenoxy) is 1. The molecule has 6 nitrogen and oxygen atoms in total. The number of carbonyl (C=O) groups is 1. The van der Waals surface area contributed by atoms with Gasteiger partial charge in [-0.3, -0.25) is 0 Å². The van der Waals surface area contributed by atoms with Crippen LogP contribution in [0, 0.1) is 0 Å². The lowest BCUT2D eigenvalue weighted by molar-refractivity contribution is 0.0697. The topological polar surface area (TPSA) is 92.7 Å². The first-order valence-electron chi connectivity index (χ1n) is 6.87. The van der Waals surface area contributed by atoms with Crippen LogP contribution in [-0.2, 0) is 21.2 Å². The highest BCUT2D eigenvalue weighted by Crippen LogP contribution is 2.14. The van der Waals surface area contributed by atoms with Gasteiger partial charge >= 0.3 is 5.97 Å². The molecule has 2 N–H and O–H groups in total. The quantitative estimate of drug-likeness (QED) is 0.818. The summed E-state index contributed by atoms with van der Waals surface area (Å²) in [5, 5.41) is 8.43. The second-order valence-electron chi connectivity index (χ2n) is 5.00. The first kappa shape index (κ1) is 15.9. The van der Waals surface area contributed by atoms with Crippen LogP contribution in [0.1, 0.15) is 28.8 Å². The van der Waals surface area contributed by atoms with Gasteiger partial charge in [-0.15, -0.1) is 0 Å². The Morgan fingerprint density at radius 2 is 1.86 bits per heavy atom. The maximum atomic E-state index is 12.1. The zero-order valence-corrected chi connectivity index (χ0v) is 12.4. The summed E-state index contributed by atoms with van der Waals surface area (Å²) in [6, 6.07) is 6.44. The molecule has 1 aromatic carbocycles. The minimum absolute atomic E-state index is 0.224. The van der Waals surface area contributed by atoms with Gasteiger partial charge in [0.25, 0.3) is 0 Å². The van der Waals surface area contributed by atoms with Crippen molar-refractivity contribution < 1.29 is 23.1 Å². The minimum Gasteiger partial charge on any atom is -0.478 e. The Labute approximate surface area is 124 Å². The van der Waals surface area contributed by atoms with Crippen LogP contribution in [0.25, 0.3) is 0 Å². The van der Waals surface area contributed by atoms with Crippen molar-refractivity contribution in [2.75, 3.05) is 19.8 Å². The molecule has 1 aliphatic rings. The van der Waals surface area contributed by atoms with Gasteiger partial charge in [-0.05, 0) is 37.0 Å². The van der Waals surface area contributed by atoms with Gasteiger partial charge in [0.2, 0.25) is 10.0 Å². The zero-order valence-electron chi connectivity index (χ0n) is 11.6. The van der Waals surface area contributed by atoms with Gasteiger partial charge < -0.3 is 9.84 Å². The second kappa shape index (κ2) is 7.02. The Kier molecular flexibility index (Phi) is 5.33. The Bertz CT molecular complexity index is 576. The number of benzene rings is 1. The van der Waals surface area contributed by atoms with Crippen LogP contribution in [-0.4, -0.2) is 44.5 Å². The average molecular weight is 313 g/mol. The van der Waals surface area contributed by atoms with E-state index in [2.05, 4.69) is 4.72 Å². The molecule has 2 rings (SSSR count). The molecule has 1 aromatic rings. The van der Waals surface area contributed by atoms with Crippen LogP contribution >= 0.6 is 0 Å². The normalized spacial score (nSPS) is 16.8. The summed E-state index contributed by atoms with van der Waals surface area (Å²) >= 11 is 0. The predicted molar refractivity (Wildman–Crippen MR) is 77.9 cm³/mol. The fourth-order valence-electron chi connectivity index (χ4n) is 2.26. The molecule has 1 fully saturated rings. The summed E-state index contributed by atoms with van der Waals surface area (Å²) in [6.45, 7) is 1.29. The lowest BCUT2D eigenvalue weighted by atomic mass is 10.1. The van der Waals surface area contributed by atoms with Crippen LogP contribution in [0.4, 0.5) is 0 Å². The molecule has 0 atom stereocenters. The molecule has 1 heterocycles. The smallest absolute Gasteiger partial charge is 0.335 e. The molecule has 0 spiro atoms. The summed E-state index contributed by atoms with van der Waals surface area (Å²) in [4.78, 5) is 10.7. The molecule has 0 unspecified atom stereocenters. The van der Waals surface area contributed by atoms with Gasteiger partial charge in [-0.25, -0.2) is 17.9 Å². The number of carboxylic acids is 1. The molecule has 0 aromatic heterocycles. The highest BCUT2D eigenvalue weighted by molar-refractivity contribution is 7.90. The van der Waals surface area contributed by atoms with Gasteiger partial charge in [0, 0.05) is 19.8 Å². The molecule has 0 saturated carbocycles. The van der Waals surface area contributed by atoms with E-state index in [1.54, 1.807) is 12.1 Å². The van der Waals surface area contributed by atoms with Crippen molar-refractivity contribution >= 4 is 16.0 Å². The Balaban J connectivity index is 1.84. The van der Waals surface area contributed by atoms with Crippen molar-refractivity contribution in [1.82, 2.24) is 4.72 Å². The highest BCUT2D eigenvalue weighted by atomic mass is 32.2. The monoisotopic (exact) mass is 313 g/mol. The van der Waals surface area contributed by atoms with Gasteiger partial charge in [0.05, 0.1) is 10.8 Å². The average Bonchev–Trinajstić information content (AvgIpc) is 2.48. The Hall–Kier alpha value is -1.44. The summed E-state index contributed by atoms with van der Waals surface area (Å²) in [6.07, 6.45) is 1.59. The van der Waals surface area contributed by atoms with E-state index in [0.717, 1.165) is 5.56 Å². The molecular weight excluding hydrogens is 294 g/mol. The maximum absolute atomic E-state index is 12.1. The number of hydrogen-bond acceptors (Lipinski definition) is 4. The number of nitrogens with one attached hydrogen (secondary N) is 1. The lowest BCUT2D eigenvalue weighted by Gasteiger charge is -2.22. The van der Waals surface area contributed by atoms with Crippen LogP contribution in [0.2, 0.25) is 0 Å². The first-order valence-corrected chi connectivity index (χ1v) is 8.42. The predicted octanol–water partition coefficient (Wildman–Crippen LogP) is 1.03. The SMILES string of the molecule is O=C(O)c1ccc(CCNS(=O)(=O)C2CCOCC2)cc1. The van der Waals surface area contributed by atoms with Crippen molar-refractivity contribution in [3.63, 3.8) is 0 Å². The minimum atomic E-state index is -3.30. The number of sulfonamides is 1. The molecule has 0 aliphatic carbocycles. The number of hydrogen-bond donors (Lipinski definition) is 2. The third kappa shape index (κ3) is 4.52. The standard InChI is InChI=1S/C14H19NO5S/c16-14(17)12-3-1-11(2-4-12)5-8-15-21(18,19)13-6-9-20-10-7-13/h1-4,13,15H,5-10H2,(H,16,17). The molecule has 7 heteroatoms. The largest absolute Gasteiger partial charge is 0.478 e. The van der Waals surface area contributed by atoms with E-state index >= 15 is 0 Å². The molecule has 116 valence electrons. The fourth-order valence-corrected chi connectivity index (χ4v) is 3.69. The molecular formula is C14H19NO5S. The van der Waals surface area contributed by atoms with E-state index in [9.17, 15) is 13.2 Å². The summed E-state index contributed by atoms with van der Waals surface area (Å²) < 4.78 is 31.9. The zero-order chi connectivity index (χ0) is 15.3. The maximum Gasteiger partial charge on any atom is 0.335 e. The summed E-state index contributed by atoms with van der Waals surface area (Å²) in [5.41, 5.74) is 1.12. The third-order valence-electron chi connectivity index (χ3n) is 3.52. The summed E-state index contributed by atoms with van der Waals surface area (Å²) in [5.74, 6) is -0.971. The van der Waals surface area contributed by atoms with Crippen molar-refractivity contribution in [3.8, 4) is 0 Å². The first-order chi connectivity index (χ1) is 9.99. The fraction of sp³-hybridized carbons (Fsp3) is 0.500. The molecule has 21 heavy (non-hydrogen) atoms. The molecule has 1 aliphatic heterocycles. The molecule has 1 saturated heterocycles. The van der Waals surface area contributed by atoms with Crippen LogP contribution in [0.5, 0.6) is 0 Å². The van der Waals surface area contributed by atoms with E-state index < -0.39 is 16.0 Å². The van der Waals surface area contributed by atoms with Gasteiger partial charge in [-0.1, -0.05) is 12.1 Å². The summed E-state index contributed by atoms with van der Waals surface area (Å²) in [7, 11) is -3.30. The molecule has 0 bridgehead atoms. The Morgan fingerprint density at radius 3 is 2.43 bits per heavy atom. The van der Waals surface area contributed by atoms with Crippen LogP contribution in [0.15, 0.2) is 24.3 Å². The number of aromatic carboxylic acids is 1. The molecule has 0 amide bonds. The molecule has 0 radical (unpaired) electrons. The van der Waals surface area contributed by atoms with Crippen LogP contribution in [0.3, 0.4) is 0 Å². The lowest BCUT2D eigenvalue weighted by Crippen LogP contribution is -2.38. The van der Waals surface area contributed by atoms with Gasteiger partial charge in [-0.2, -0.15) is 0 Å². The van der Waals surface area contributed by atoms with Crippen molar-refractivity contribution in [3.05, 3.63) is 35.4 Å². The van der Waals surface area contributed by atoms with Crippen molar-refractivity contribution in [2.45, 2.75) is 24.5 Å². The third-order valence-corrected chi connectivity index (χ3v) is 5.48. The van der Waals surface area contributed by atoms with E-state index in [0.29, 0.717) is 39.0 Å². The highest BCUT2D eigenvalue weighted by Gasteiger charge is 2.26. The Morgan fingerprint density at radius 1 is 1.24 bits per heavy atom. The number of rotatable bonds is 6. The van der Waals surface area contributed by atoms with E-state index in [4.69, 9.17) is 9.84 Å². The number of carboxylic acid groups (broad SMARTS) is 1. The van der Waals surface area contributed by atoms with Gasteiger partial charge in [0.15, 0.2) is 0 Å². The van der Waals surface area contributed by atoms with E-state index in [1.165, 1.54) is 12.1 Å². The van der Waals surface area contributed by atoms with Gasteiger partial charge in [0.1, 0.15) is 0 Å². The van der Waals surface area contributed by atoms with E-state index in [1.807, 2.05) is 0 Å². The van der Waals surface area contributed by atoms with Crippen molar-refractivity contribution in [1.29, 1.82) is 0 Å². The van der Waals surface area contributed by atoms with Crippen molar-refractivity contribution in [2.24, 2.45) is 0 Å². The second-order valence-corrected chi connectivity index (χ2v) is 7.05. The van der Waals surface area contributed by atoms with E-state index in [-0.39, 0.29) is 10.8 Å². The van der Waals surface area contributed by atoms with Crippen LogP contribution < -0.4 is 4.72 Å².